The summed E-state index contributed by atoms with van der Waals surface area (Å²) in [5, 5.41) is 0. The Morgan fingerprint density at radius 1 is 1.29 bits per heavy atom. The highest BCUT2D eigenvalue weighted by Gasteiger charge is 2.26. The number of carbonyl (C=O) groups is 1. The summed E-state index contributed by atoms with van der Waals surface area (Å²) in [6, 6.07) is 0. The van der Waals surface area contributed by atoms with Gasteiger partial charge in [-0.05, 0) is 5.41 Å². The fourth-order valence-electron chi connectivity index (χ4n) is 1.11. The number of alkyl halides is 1. The second kappa shape index (κ2) is 8.93. The number of hydrogen-bond donors (Lipinski definition) is 1. The molecule has 0 rings (SSSR count). The largest absolute Gasteiger partial charge is 0.447 e. The highest BCUT2D eigenvalue weighted by molar-refractivity contribution is 14.1. The first kappa shape index (κ1) is 16.9. The molecule has 0 saturated carbocycles. The lowest BCUT2D eigenvalue weighted by Crippen LogP contribution is -2.36. The van der Waals surface area contributed by atoms with E-state index >= 15 is 0 Å². The van der Waals surface area contributed by atoms with Gasteiger partial charge in [0.05, 0.1) is 25.9 Å². The number of carbonyl (C=O) groups excluding carboxylic acids is 1. The van der Waals surface area contributed by atoms with Crippen molar-refractivity contribution in [3.8, 4) is 0 Å². The first-order valence-corrected chi connectivity index (χ1v) is 7.08. The zero-order chi connectivity index (χ0) is 13.3. The molecule has 2 N–H and O–H groups in total. The molecule has 0 radical (unpaired) electrons. The summed E-state index contributed by atoms with van der Waals surface area (Å²) in [6.45, 7) is 8.00. The number of amides is 1. The van der Waals surface area contributed by atoms with Crippen LogP contribution in [0.15, 0.2) is 0 Å². The molecule has 0 saturated heterocycles. The van der Waals surface area contributed by atoms with Gasteiger partial charge in [-0.25, -0.2) is 4.79 Å². The van der Waals surface area contributed by atoms with Crippen molar-refractivity contribution in [1.82, 2.24) is 0 Å². The summed E-state index contributed by atoms with van der Waals surface area (Å²) in [6.07, 6.45) is -0.956. The van der Waals surface area contributed by atoms with Crippen molar-refractivity contribution < 1.29 is 19.0 Å². The maximum Gasteiger partial charge on any atom is 0.404 e. The molecule has 1 atom stereocenters. The van der Waals surface area contributed by atoms with Gasteiger partial charge in [0.15, 0.2) is 0 Å². The Kier molecular flexibility index (Phi) is 8.89. The molecule has 0 aliphatic carbocycles. The molecule has 1 amide bonds. The molecule has 0 bridgehead atoms. The molecule has 1 unspecified atom stereocenters. The minimum absolute atomic E-state index is 0.112. The maximum absolute atomic E-state index is 10.6. The van der Waals surface area contributed by atoms with Gasteiger partial charge in [0, 0.05) is 4.43 Å². The molecule has 0 spiro atoms. The average molecular weight is 359 g/mol. The standard InChI is InChI=1S/C11H22INO4/c1-11(2,3)9(8-17-10(13)14)16-7-6-15-5-4-12/h9H,4-8H2,1-3H3,(H2,13,14). The van der Waals surface area contributed by atoms with E-state index in [1.54, 1.807) is 0 Å². The molecule has 6 heteroatoms. The van der Waals surface area contributed by atoms with Crippen molar-refractivity contribution in [3.05, 3.63) is 0 Å². The van der Waals surface area contributed by atoms with Crippen LogP contribution in [0.4, 0.5) is 4.79 Å². The van der Waals surface area contributed by atoms with Crippen LogP contribution in [-0.4, -0.2) is 43.1 Å². The Morgan fingerprint density at radius 2 is 1.94 bits per heavy atom. The van der Waals surface area contributed by atoms with Crippen molar-refractivity contribution >= 4 is 28.7 Å². The zero-order valence-corrected chi connectivity index (χ0v) is 12.9. The van der Waals surface area contributed by atoms with Crippen molar-refractivity contribution in [1.29, 1.82) is 0 Å². The van der Waals surface area contributed by atoms with E-state index in [4.69, 9.17) is 19.9 Å². The Balaban J connectivity index is 3.91. The molecule has 0 fully saturated rings. The van der Waals surface area contributed by atoms with E-state index in [9.17, 15) is 4.79 Å². The van der Waals surface area contributed by atoms with E-state index in [2.05, 4.69) is 22.6 Å². The first-order chi connectivity index (χ1) is 7.88. The lowest BCUT2D eigenvalue weighted by atomic mass is 9.89. The number of rotatable bonds is 8. The van der Waals surface area contributed by atoms with Crippen molar-refractivity contribution in [2.45, 2.75) is 26.9 Å². The third kappa shape index (κ3) is 9.61. The molecule has 5 nitrogen and oxygen atoms in total. The topological polar surface area (TPSA) is 70.8 Å². The van der Waals surface area contributed by atoms with Gasteiger partial charge >= 0.3 is 6.09 Å². The number of halogens is 1. The maximum atomic E-state index is 10.6. The molecule has 102 valence electrons. The molecule has 0 aromatic carbocycles. The Bertz CT molecular complexity index is 218. The van der Waals surface area contributed by atoms with Gasteiger partial charge in [-0.1, -0.05) is 43.4 Å². The average Bonchev–Trinajstić information content (AvgIpc) is 2.19. The summed E-state index contributed by atoms with van der Waals surface area (Å²) in [4.78, 5) is 10.6. The highest BCUT2D eigenvalue weighted by Crippen LogP contribution is 2.22. The van der Waals surface area contributed by atoms with Crippen LogP contribution in [0, 0.1) is 5.41 Å². The fourth-order valence-corrected chi connectivity index (χ4v) is 1.42. The van der Waals surface area contributed by atoms with Crippen LogP contribution in [0.2, 0.25) is 0 Å². The predicted octanol–water partition coefficient (Wildman–Crippen LogP) is 1.96. The second-order valence-corrected chi connectivity index (χ2v) is 5.74. The summed E-state index contributed by atoms with van der Waals surface area (Å²) < 4.78 is 16.7. The minimum Gasteiger partial charge on any atom is -0.447 e. The quantitative estimate of drug-likeness (QED) is 0.409. The molecular formula is C11H22INO4. The van der Waals surface area contributed by atoms with Crippen LogP contribution in [0.5, 0.6) is 0 Å². The molecule has 0 aromatic heterocycles. The second-order valence-electron chi connectivity index (χ2n) is 4.66. The van der Waals surface area contributed by atoms with Crippen molar-refractivity contribution in [2.75, 3.05) is 30.9 Å². The lowest BCUT2D eigenvalue weighted by Gasteiger charge is -2.29. The summed E-state index contributed by atoms with van der Waals surface area (Å²) in [5.41, 5.74) is 4.82. The third-order valence-electron chi connectivity index (χ3n) is 2.11. The first-order valence-electron chi connectivity index (χ1n) is 5.55. The van der Waals surface area contributed by atoms with Gasteiger partial charge in [0.25, 0.3) is 0 Å². The normalized spacial score (nSPS) is 13.4. The predicted molar refractivity (Wildman–Crippen MR) is 74.4 cm³/mol. The van der Waals surface area contributed by atoms with Gasteiger partial charge in [-0.3, -0.25) is 0 Å². The molecule has 0 aliphatic heterocycles. The number of nitrogens with two attached hydrogens (primary N) is 1. The van der Waals surface area contributed by atoms with Crippen molar-refractivity contribution in [3.63, 3.8) is 0 Å². The van der Waals surface area contributed by atoms with E-state index in [1.807, 2.05) is 20.8 Å². The summed E-state index contributed by atoms with van der Waals surface area (Å²) in [7, 11) is 0. The summed E-state index contributed by atoms with van der Waals surface area (Å²) in [5.74, 6) is 0. The fraction of sp³-hybridized carbons (Fsp3) is 0.909. The molecule has 0 aromatic rings. The number of ether oxygens (including phenoxy) is 3. The van der Waals surface area contributed by atoms with Crippen LogP contribution in [0.3, 0.4) is 0 Å². The lowest BCUT2D eigenvalue weighted by molar-refractivity contribution is -0.0676. The van der Waals surface area contributed by atoms with Crippen LogP contribution in [-0.2, 0) is 14.2 Å². The molecule has 0 heterocycles. The Labute approximate surface area is 116 Å². The molecule has 17 heavy (non-hydrogen) atoms. The van der Waals surface area contributed by atoms with Gasteiger partial charge < -0.3 is 19.9 Å². The van der Waals surface area contributed by atoms with Gasteiger partial charge in [0.2, 0.25) is 0 Å². The minimum atomic E-state index is -0.774. The molecule has 0 aliphatic rings. The Hall–Kier alpha value is -0.0800. The van der Waals surface area contributed by atoms with E-state index in [0.29, 0.717) is 13.2 Å². The monoisotopic (exact) mass is 359 g/mol. The Morgan fingerprint density at radius 3 is 2.41 bits per heavy atom. The smallest absolute Gasteiger partial charge is 0.404 e. The van der Waals surface area contributed by atoms with Gasteiger partial charge in [-0.2, -0.15) is 0 Å². The number of primary amides is 1. The van der Waals surface area contributed by atoms with Crippen LogP contribution in [0.25, 0.3) is 0 Å². The van der Waals surface area contributed by atoms with Gasteiger partial charge in [0.1, 0.15) is 6.61 Å². The highest BCUT2D eigenvalue weighted by atomic mass is 127. The van der Waals surface area contributed by atoms with Gasteiger partial charge in [-0.15, -0.1) is 0 Å². The van der Waals surface area contributed by atoms with E-state index in [-0.39, 0.29) is 18.1 Å². The van der Waals surface area contributed by atoms with Crippen LogP contribution < -0.4 is 5.73 Å². The van der Waals surface area contributed by atoms with E-state index < -0.39 is 6.09 Å². The van der Waals surface area contributed by atoms with Crippen molar-refractivity contribution in [2.24, 2.45) is 11.1 Å². The van der Waals surface area contributed by atoms with E-state index in [0.717, 1.165) is 11.0 Å². The van der Waals surface area contributed by atoms with Crippen LogP contribution >= 0.6 is 22.6 Å². The van der Waals surface area contributed by atoms with E-state index in [1.165, 1.54) is 0 Å². The third-order valence-corrected chi connectivity index (χ3v) is 2.55. The number of hydrogen-bond acceptors (Lipinski definition) is 4. The van der Waals surface area contributed by atoms with Crippen LogP contribution in [0.1, 0.15) is 20.8 Å². The molecular weight excluding hydrogens is 337 g/mol. The summed E-state index contributed by atoms with van der Waals surface area (Å²) >= 11 is 2.25. The SMILES string of the molecule is CC(C)(C)C(COC(N)=O)OCCOCCI. The zero-order valence-electron chi connectivity index (χ0n) is 10.7.